The summed E-state index contributed by atoms with van der Waals surface area (Å²) in [5, 5.41) is 50.7. The van der Waals surface area contributed by atoms with Gasteiger partial charge in [-0.1, -0.05) is 24.3 Å². The largest absolute Gasteiger partial charge is 0.497 e. The van der Waals surface area contributed by atoms with Crippen molar-refractivity contribution in [2.45, 2.75) is 12.5 Å². The zero-order valence-corrected chi connectivity index (χ0v) is 30.1. The van der Waals surface area contributed by atoms with Crippen LogP contribution in [0.2, 0.25) is 0 Å². The first kappa shape index (κ1) is 37.1. The number of benzene rings is 5. The topological polar surface area (TPSA) is 238 Å². The van der Waals surface area contributed by atoms with Crippen molar-refractivity contribution in [1.29, 1.82) is 0 Å². The summed E-state index contributed by atoms with van der Waals surface area (Å²) in [5.41, 5.74) is 2.80. The molecule has 286 valence electrons. The standard InChI is InChI=1S/C38H31N11O8/c1-56-30-16-9-26(10-17-30)40-37-42-36(43-38(44-37)41-27-11-18-31(57-2)19-12-27)39-25-7-3-23(4-8-25)32-22-34(24-5-13-28(14-6-24)47(50)51)46(45-32)33-20-15-29(48(52)53)21-35(33)49(54)55/h3-21,34H,22H2,1-2H3,(H3,39,40,41,42,43,44). The second-order valence-corrected chi connectivity index (χ2v) is 12.4. The molecular formula is C38H31N11O8. The molecule has 5 aromatic carbocycles. The summed E-state index contributed by atoms with van der Waals surface area (Å²) in [6.45, 7) is 0. The number of nitrogens with one attached hydrogen (secondary N) is 3. The summed E-state index contributed by atoms with van der Waals surface area (Å²) in [5.74, 6) is 2.11. The molecule has 0 fully saturated rings. The average Bonchev–Trinajstić information content (AvgIpc) is 3.67. The highest BCUT2D eigenvalue weighted by atomic mass is 16.6. The van der Waals surface area contributed by atoms with E-state index in [9.17, 15) is 30.3 Å². The number of nitrogens with zero attached hydrogens (tertiary/aromatic N) is 8. The normalized spacial score (nSPS) is 13.3. The highest BCUT2D eigenvalue weighted by Crippen LogP contribution is 2.42. The van der Waals surface area contributed by atoms with Crippen LogP contribution >= 0.6 is 0 Å². The molecule has 2 heterocycles. The van der Waals surface area contributed by atoms with Gasteiger partial charge in [0.05, 0.1) is 46.8 Å². The Morgan fingerprint density at radius 3 is 1.49 bits per heavy atom. The van der Waals surface area contributed by atoms with Gasteiger partial charge in [-0.15, -0.1) is 0 Å². The van der Waals surface area contributed by atoms with Crippen LogP contribution in [0.3, 0.4) is 0 Å². The molecule has 1 aliphatic rings. The summed E-state index contributed by atoms with van der Waals surface area (Å²) in [4.78, 5) is 46.6. The molecule has 0 bridgehead atoms. The van der Waals surface area contributed by atoms with Gasteiger partial charge in [-0.3, -0.25) is 35.4 Å². The van der Waals surface area contributed by atoms with E-state index in [-0.39, 0.29) is 35.6 Å². The fourth-order valence-electron chi connectivity index (χ4n) is 5.98. The molecule has 3 N–H and O–H groups in total. The summed E-state index contributed by atoms with van der Waals surface area (Å²) >= 11 is 0. The Labute approximate surface area is 323 Å². The van der Waals surface area contributed by atoms with Gasteiger partial charge >= 0.3 is 5.69 Å². The number of anilines is 7. The number of hydrazone groups is 1. The van der Waals surface area contributed by atoms with E-state index < -0.39 is 32.2 Å². The number of ether oxygens (including phenoxy) is 2. The maximum atomic E-state index is 12.1. The summed E-state index contributed by atoms with van der Waals surface area (Å²) < 4.78 is 10.5. The lowest BCUT2D eigenvalue weighted by Gasteiger charge is -2.23. The molecule has 0 radical (unpaired) electrons. The van der Waals surface area contributed by atoms with E-state index in [4.69, 9.17) is 14.6 Å². The molecular weight excluding hydrogens is 738 g/mol. The minimum atomic E-state index is -0.716. The molecule has 0 amide bonds. The van der Waals surface area contributed by atoms with Crippen LogP contribution in [0.5, 0.6) is 11.5 Å². The van der Waals surface area contributed by atoms with Crippen molar-refractivity contribution in [3.8, 4) is 11.5 Å². The Morgan fingerprint density at radius 1 is 0.596 bits per heavy atom. The number of nitro benzene ring substituents is 3. The molecule has 0 spiro atoms. The Hall–Kier alpha value is -8.22. The molecule has 7 rings (SSSR count). The van der Waals surface area contributed by atoms with Crippen LogP contribution in [0.25, 0.3) is 0 Å². The Balaban J connectivity index is 1.18. The zero-order valence-electron chi connectivity index (χ0n) is 30.1. The monoisotopic (exact) mass is 769 g/mol. The molecule has 19 heteroatoms. The number of nitro groups is 3. The van der Waals surface area contributed by atoms with Crippen LogP contribution in [-0.4, -0.2) is 49.7 Å². The van der Waals surface area contributed by atoms with Gasteiger partial charge in [0, 0.05) is 41.7 Å². The summed E-state index contributed by atoms with van der Waals surface area (Å²) in [6.07, 6.45) is 0.257. The molecule has 1 atom stereocenters. The molecule has 1 unspecified atom stereocenters. The van der Waals surface area contributed by atoms with Crippen molar-refractivity contribution >= 4 is 63.4 Å². The third-order valence-corrected chi connectivity index (χ3v) is 8.81. The lowest BCUT2D eigenvalue weighted by Crippen LogP contribution is -2.19. The second-order valence-electron chi connectivity index (χ2n) is 12.4. The van der Waals surface area contributed by atoms with E-state index in [0.717, 1.165) is 6.07 Å². The Kier molecular flexibility index (Phi) is 10.4. The summed E-state index contributed by atoms with van der Waals surface area (Å²) in [7, 11) is 3.17. The predicted octanol–water partition coefficient (Wildman–Crippen LogP) is 8.20. The Bertz CT molecular complexity index is 2420. The minimum Gasteiger partial charge on any atom is -0.497 e. The van der Waals surface area contributed by atoms with Gasteiger partial charge in [0.15, 0.2) is 0 Å². The fourth-order valence-corrected chi connectivity index (χ4v) is 5.98. The molecule has 57 heavy (non-hydrogen) atoms. The average molecular weight is 770 g/mol. The van der Waals surface area contributed by atoms with Crippen LogP contribution in [0, 0.1) is 30.3 Å². The molecule has 0 aliphatic carbocycles. The molecule has 1 aromatic heterocycles. The van der Waals surface area contributed by atoms with Crippen LogP contribution in [0.1, 0.15) is 23.6 Å². The van der Waals surface area contributed by atoms with Gasteiger partial charge in [0.2, 0.25) is 17.8 Å². The highest BCUT2D eigenvalue weighted by molar-refractivity contribution is 6.03. The number of methoxy groups -OCH3 is 2. The number of aromatic nitrogens is 3. The molecule has 0 saturated carbocycles. The van der Waals surface area contributed by atoms with Crippen LogP contribution in [0.4, 0.5) is 57.7 Å². The quantitative estimate of drug-likeness (QED) is 0.0699. The molecule has 1 aliphatic heterocycles. The van der Waals surface area contributed by atoms with Crippen molar-refractivity contribution in [3.05, 3.63) is 157 Å². The van der Waals surface area contributed by atoms with Crippen molar-refractivity contribution in [2.75, 3.05) is 35.2 Å². The number of non-ortho nitro benzene ring substituents is 2. The van der Waals surface area contributed by atoms with Crippen molar-refractivity contribution < 1.29 is 24.2 Å². The van der Waals surface area contributed by atoms with Crippen LogP contribution in [-0.2, 0) is 0 Å². The van der Waals surface area contributed by atoms with Crippen LogP contribution < -0.4 is 30.4 Å². The first-order valence-electron chi connectivity index (χ1n) is 17.1. The molecule has 6 aromatic rings. The van der Waals surface area contributed by atoms with Crippen LogP contribution in [0.15, 0.2) is 120 Å². The van der Waals surface area contributed by atoms with E-state index in [1.807, 2.05) is 24.3 Å². The third-order valence-electron chi connectivity index (χ3n) is 8.81. The second kappa shape index (κ2) is 16.0. The summed E-state index contributed by atoms with van der Waals surface area (Å²) in [6, 6.07) is 30.2. The molecule has 0 saturated heterocycles. The smallest absolute Gasteiger partial charge is 0.301 e. The van der Waals surface area contributed by atoms with Crippen molar-refractivity contribution in [2.24, 2.45) is 5.10 Å². The maximum absolute atomic E-state index is 12.1. The van der Waals surface area contributed by atoms with E-state index >= 15 is 0 Å². The number of hydrogen-bond donors (Lipinski definition) is 3. The number of rotatable bonds is 14. The first-order chi connectivity index (χ1) is 27.6. The van der Waals surface area contributed by atoms with Gasteiger partial charge in [-0.25, -0.2) is 0 Å². The SMILES string of the molecule is COc1ccc(Nc2nc(Nc3ccc(OC)cc3)nc(Nc3ccc(C4=NN(c5ccc([N+](=O)[O-])cc5[N+](=O)[O-])C(c5ccc([N+](=O)[O-])cc5)C4)cc3)n2)cc1. The first-order valence-corrected chi connectivity index (χ1v) is 17.1. The zero-order chi connectivity index (χ0) is 40.1. The predicted molar refractivity (Wildman–Crippen MR) is 211 cm³/mol. The van der Waals surface area contributed by atoms with E-state index in [1.165, 1.54) is 29.3 Å². The van der Waals surface area contributed by atoms with Gasteiger partial charge in [0.25, 0.3) is 11.4 Å². The van der Waals surface area contributed by atoms with E-state index in [1.54, 1.807) is 74.9 Å². The maximum Gasteiger partial charge on any atom is 0.301 e. The fraction of sp³-hybridized carbons (Fsp3) is 0.105. The van der Waals surface area contributed by atoms with Gasteiger partial charge in [0.1, 0.15) is 17.2 Å². The van der Waals surface area contributed by atoms with Gasteiger partial charge in [-0.2, -0.15) is 20.1 Å². The lowest BCUT2D eigenvalue weighted by atomic mass is 9.97. The Morgan fingerprint density at radius 2 is 1.05 bits per heavy atom. The lowest BCUT2D eigenvalue weighted by molar-refractivity contribution is -0.393. The van der Waals surface area contributed by atoms with Gasteiger partial charge in [-0.05, 0) is 77.9 Å². The van der Waals surface area contributed by atoms with Crippen molar-refractivity contribution in [3.63, 3.8) is 0 Å². The van der Waals surface area contributed by atoms with Gasteiger partial charge < -0.3 is 25.4 Å². The number of hydrogen-bond acceptors (Lipinski definition) is 16. The minimum absolute atomic E-state index is 0.0233. The van der Waals surface area contributed by atoms with E-state index in [0.29, 0.717) is 45.4 Å². The van der Waals surface area contributed by atoms with E-state index in [2.05, 4.69) is 30.9 Å². The third kappa shape index (κ3) is 8.46. The van der Waals surface area contributed by atoms with Crippen molar-refractivity contribution in [1.82, 2.24) is 15.0 Å². The molecule has 19 nitrogen and oxygen atoms in total. The highest BCUT2D eigenvalue weighted by Gasteiger charge is 2.35.